The summed E-state index contributed by atoms with van der Waals surface area (Å²) in [6, 6.07) is 11.2. The maximum atomic E-state index is 12.1. The zero-order valence-electron chi connectivity index (χ0n) is 10.5. The molecule has 1 amide bonds. The lowest BCUT2D eigenvalue weighted by Gasteiger charge is -2.01. The van der Waals surface area contributed by atoms with Crippen molar-refractivity contribution in [3.8, 4) is 10.4 Å². The molecule has 5 heteroatoms. The van der Waals surface area contributed by atoms with Crippen molar-refractivity contribution in [1.29, 1.82) is 0 Å². The first-order valence-electron chi connectivity index (χ1n) is 6.04. The molecule has 1 N–H and O–H groups in total. The molecule has 0 aliphatic carbocycles. The van der Waals surface area contributed by atoms with Gasteiger partial charge in [-0.25, -0.2) is 0 Å². The van der Waals surface area contributed by atoms with Gasteiger partial charge in [0, 0.05) is 29.0 Å². The number of pyridine rings is 2. The summed E-state index contributed by atoms with van der Waals surface area (Å²) in [6.07, 6.45) is 6.80. The Hall–Kier alpha value is -2.53. The summed E-state index contributed by atoms with van der Waals surface area (Å²) in [7, 11) is 0. The van der Waals surface area contributed by atoms with Crippen LogP contribution in [0.5, 0.6) is 0 Å². The van der Waals surface area contributed by atoms with Gasteiger partial charge >= 0.3 is 0 Å². The minimum Gasteiger partial charge on any atom is -0.320 e. The molecule has 0 saturated heterocycles. The number of carbonyl (C=O) groups excluding carboxylic acids is 1. The second kappa shape index (κ2) is 5.63. The monoisotopic (exact) mass is 281 g/mol. The Morgan fingerprint density at radius 2 is 1.80 bits per heavy atom. The van der Waals surface area contributed by atoms with Gasteiger partial charge in [0.15, 0.2) is 0 Å². The first-order chi connectivity index (χ1) is 9.83. The highest BCUT2D eigenvalue weighted by Gasteiger charge is 2.10. The number of rotatable bonds is 3. The predicted molar refractivity (Wildman–Crippen MR) is 79.7 cm³/mol. The van der Waals surface area contributed by atoms with E-state index in [1.54, 1.807) is 36.9 Å². The van der Waals surface area contributed by atoms with Gasteiger partial charge in [-0.1, -0.05) is 6.07 Å². The van der Waals surface area contributed by atoms with E-state index in [-0.39, 0.29) is 5.91 Å². The largest absolute Gasteiger partial charge is 0.320 e. The maximum Gasteiger partial charge on any atom is 0.265 e. The lowest BCUT2D eigenvalue weighted by atomic mass is 10.2. The molecule has 0 radical (unpaired) electrons. The van der Waals surface area contributed by atoms with Gasteiger partial charge in [0.2, 0.25) is 0 Å². The van der Waals surface area contributed by atoms with Crippen LogP contribution in [0, 0.1) is 0 Å². The second-order valence-electron chi connectivity index (χ2n) is 4.10. The summed E-state index contributed by atoms with van der Waals surface area (Å²) >= 11 is 1.44. The van der Waals surface area contributed by atoms with E-state index in [1.165, 1.54) is 11.3 Å². The number of carbonyl (C=O) groups is 1. The van der Waals surface area contributed by atoms with Crippen molar-refractivity contribution >= 4 is 22.9 Å². The van der Waals surface area contributed by atoms with E-state index in [0.717, 1.165) is 10.4 Å². The lowest BCUT2D eigenvalue weighted by molar-refractivity contribution is 0.103. The Bertz CT molecular complexity index is 710. The molecule has 0 spiro atoms. The highest BCUT2D eigenvalue weighted by atomic mass is 32.1. The van der Waals surface area contributed by atoms with Crippen LogP contribution >= 0.6 is 11.3 Å². The van der Waals surface area contributed by atoms with Crippen LogP contribution in [-0.4, -0.2) is 15.9 Å². The Labute approximate surface area is 120 Å². The molecule has 20 heavy (non-hydrogen) atoms. The van der Waals surface area contributed by atoms with Crippen LogP contribution in [0.1, 0.15) is 9.67 Å². The van der Waals surface area contributed by atoms with Crippen LogP contribution in [0.3, 0.4) is 0 Å². The average molecular weight is 281 g/mol. The normalized spacial score (nSPS) is 10.2. The second-order valence-corrected chi connectivity index (χ2v) is 5.19. The van der Waals surface area contributed by atoms with Crippen LogP contribution in [0.4, 0.5) is 5.69 Å². The highest BCUT2D eigenvalue weighted by Crippen LogP contribution is 2.27. The fourth-order valence-corrected chi connectivity index (χ4v) is 2.64. The van der Waals surface area contributed by atoms with E-state index >= 15 is 0 Å². The number of anilines is 1. The van der Waals surface area contributed by atoms with Crippen molar-refractivity contribution in [3.05, 3.63) is 66.1 Å². The van der Waals surface area contributed by atoms with Gasteiger partial charge in [-0.2, -0.15) is 0 Å². The van der Waals surface area contributed by atoms with Gasteiger partial charge in [-0.15, -0.1) is 11.3 Å². The van der Waals surface area contributed by atoms with E-state index in [2.05, 4.69) is 15.3 Å². The van der Waals surface area contributed by atoms with Crippen LogP contribution < -0.4 is 5.32 Å². The van der Waals surface area contributed by atoms with Crippen LogP contribution in [0.15, 0.2) is 61.2 Å². The molecule has 0 aliphatic rings. The number of thiophene rings is 1. The highest BCUT2D eigenvalue weighted by molar-refractivity contribution is 7.17. The third-order valence-corrected chi connectivity index (χ3v) is 3.83. The SMILES string of the molecule is O=C(Nc1cccnc1)c1ccc(-c2cccnc2)s1. The van der Waals surface area contributed by atoms with Gasteiger partial charge in [-0.3, -0.25) is 14.8 Å². The Morgan fingerprint density at radius 3 is 2.50 bits per heavy atom. The van der Waals surface area contributed by atoms with Crippen molar-refractivity contribution in [2.75, 3.05) is 5.32 Å². The summed E-state index contributed by atoms with van der Waals surface area (Å²) in [5, 5.41) is 2.82. The minimum absolute atomic E-state index is 0.127. The molecule has 0 fully saturated rings. The predicted octanol–water partition coefficient (Wildman–Crippen LogP) is 3.46. The van der Waals surface area contributed by atoms with E-state index in [0.29, 0.717) is 10.6 Å². The van der Waals surface area contributed by atoms with Crippen molar-refractivity contribution < 1.29 is 4.79 Å². The zero-order chi connectivity index (χ0) is 13.8. The smallest absolute Gasteiger partial charge is 0.265 e. The number of amides is 1. The third-order valence-electron chi connectivity index (χ3n) is 2.70. The minimum atomic E-state index is -0.127. The van der Waals surface area contributed by atoms with Crippen molar-refractivity contribution in [2.24, 2.45) is 0 Å². The van der Waals surface area contributed by atoms with Gasteiger partial charge in [0.1, 0.15) is 0 Å². The number of hydrogen-bond acceptors (Lipinski definition) is 4. The molecule has 0 aliphatic heterocycles. The molecule has 3 heterocycles. The molecule has 0 bridgehead atoms. The fourth-order valence-electron chi connectivity index (χ4n) is 1.75. The molecule has 3 rings (SSSR count). The maximum absolute atomic E-state index is 12.1. The van der Waals surface area contributed by atoms with Gasteiger partial charge in [-0.05, 0) is 30.3 Å². The van der Waals surface area contributed by atoms with Gasteiger partial charge < -0.3 is 5.32 Å². The number of nitrogens with zero attached hydrogens (tertiary/aromatic N) is 2. The number of aromatic nitrogens is 2. The summed E-state index contributed by atoms with van der Waals surface area (Å²) in [6.45, 7) is 0. The van der Waals surface area contributed by atoms with Gasteiger partial charge in [0.05, 0.1) is 16.8 Å². The van der Waals surface area contributed by atoms with Crippen molar-refractivity contribution in [1.82, 2.24) is 9.97 Å². The molecule has 3 aromatic heterocycles. The van der Waals surface area contributed by atoms with Gasteiger partial charge in [0.25, 0.3) is 5.91 Å². The summed E-state index contributed by atoms with van der Waals surface area (Å²) < 4.78 is 0. The van der Waals surface area contributed by atoms with Crippen molar-refractivity contribution in [3.63, 3.8) is 0 Å². The summed E-state index contributed by atoms with van der Waals surface area (Å²) in [5.41, 5.74) is 1.70. The van der Waals surface area contributed by atoms with E-state index in [9.17, 15) is 4.79 Å². The van der Waals surface area contributed by atoms with Crippen LogP contribution in [-0.2, 0) is 0 Å². The number of hydrogen-bond donors (Lipinski definition) is 1. The Morgan fingerprint density at radius 1 is 1.00 bits per heavy atom. The number of nitrogens with one attached hydrogen (secondary N) is 1. The average Bonchev–Trinajstić information content (AvgIpc) is 2.99. The molecule has 3 aromatic rings. The fraction of sp³-hybridized carbons (Fsp3) is 0. The topological polar surface area (TPSA) is 54.9 Å². The van der Waals surface area contributed by atoms with Crippen LogP contribution in [0.25, 0.3) is 10.4 Å². The first-order valence-corrected chi connectivity index (χ1v) is 6.86. The summed E-state index contributed by atoms with van der Waals surface area (Å²) in [4.78, 5) is 21.8. The third kappa shape index (κ3) is 2.73. The molecular weight excluding hydrogens is 270 g/mol. The van der Waals surface area contributed by atoms with Crippen molar-refractivity contribution in [2.45, 2.75) is 0 Å². The van der Waals surface area contributed by atoms with Crippen LogP contribution in [0.2, 0.25) is 0 Å². The molecule has 0 atom stereocenters. The first kappa shape index (κ1) is 12.5. The molecule has 0 unspecified atom stereocenters. The molecule has 98 valence electrons. The summed E-state index contributed by atoms with van der Waals surface area (Å²) in [5.74, 6) is -0.127. The van der Waals surface area contributed by atoms with E-state index < -0.39 is 0 Å². The lowest BCUT2D eigenvalue weighted by Crippen LogP contribution is -2.09. The molecule has 0 aromatic carbocycles. The molecular formula is C15H11N3OS. The Kier molecular flexibility index (Phi) is 3.52. The van der Waals surface area contributed by atoms with E-state index in [1.807, 2.05) is 24.3 Å². The molecule has 4 nitrogen and oxygen atoms in total. The quantitative estimate of drug-likeness (QED) is 0.800. The molecule has 0 saturated carbocycles. The standard InChI is InChI=1S/C15H11N3OS/c19-15(18-12-4-2-8-17-10-12)14-6-5-13(20-14)11-3-1-7-16-9-11/h1-10H,(H,18,19). The Balaban J connectivity index is 1.79. The van der Waals surface area contributed by atoms with E-state index in [4.69, 9.17) is 0 Å². The zero-order valence-corrected chi connectivity index (χ0v) is 11.3.